The molecule has 2 aliphatic rings. The van der Waals surface area contributed by atoms with Crippen LogP contribution in [-0.2, 0) is 5.54 Å². The summed E-state index contributed by atoms with van der Waals surface area (Å²) in [5.41, 5.74) is 0.404. The maximum absolute atomic E-state index is 2.84. The van der Waals surface area contributed by atoms with Crippen molar-refractivity contribution in [2.75, 3.05) is 13.1 Å². The van der Waals surface area contributed by atoms with Crippen LogP contribution in [0.5, 0.6) is 0 Å². The maximum Gasteiger partial charge on any atom is 0.0553 e. The Labute approximate surface area is 115 Å². The lowest BCUT2D eigenvalue weighted by molar-refractivity contribution is 0.0165. The van der Waals surface area contributed by atoms with Crippen LogP contribution in [0, 0.1) is 5.92 Å². The molecule has 0 aromatic carbocycles. The summed E-state index contributed by atoms with van der Waals surface area (Å²) in [5.74, 6) is 0.887. The number of likely N-dealkylation sites (tertiary alicyclic amines) is 1. The molecule has 3 rings (SSSR count). The summed E-state index contributed by atoms with van der Waals surface area (Å²) in [6.45, 7) is 5.07. The van der Waals surface area contributed by atoms with Gasteiger partial charge in [-0.15, -0.1) is 11.3 Å². The number of thiophene rings is 1. The molecule has 18 heavy (non-hydrogen) atoms. The minimum atomic E-state index is 0.404. The zero-order chi connectivity index (χ0) is 12.4. The summed E-state index contributed by atoms with van der Waals surface area (Å²) in [5, 5.41) is 2.26. The average Bonchev–Trinajstić information content (AvgIpc) is 2.94. The second kappa shape index (κ2) is 5.34. The van der Waals surface area contributed by atoms with E-state index in [1.54, 1.807) is 4.88 Å². The predicted molar refractivity (Wildman–Crippen MR) is 79.1 cm³/mol. The van der Waals surface area contributed by atoms with Gasteiger partial charge in [0.2, 0.25) is 0 Å². The van der Waals surface area contributed by atoms with E-state index in [4.69, 9.17) is 0 Å². The number of hydrogen-bond acceptors (Lipinski definition) is 2. The van der Waals surface area contributed by atoms with Crippen molar-refractivity contribution in [3.05, 3.63) is 22.4 Å². The molecule has 1 aliphatic carbocycles. The molecule has 1 saturated carbocycles. The third-order valence-corrected chi connectivity index (χ3v) is 5.99. The first-order chi connectivity index (χ1) is 8.81. The molecule has 0 bridgehead atoms. The van der Waals surface area contributed by atoms with E-state index in [1.807, 2.05) is 11.3 Å². The maximum atomic E-state index is 2.84. The summed E-state index contributed by atoms with van der Waals surface area (Å²) in [7, 11) is 0. The van der Waals surface area contributed by atoms with Gasteiger partial charge in [-0.25, -0.2) is 0 Å². The highest BCUT2D eigenvalue weighted by Crippen LogP contribution is 2.45. The zero-order valence-corrected chi connectivity index (χ0v) is 12.3. The van der Waals surface area contributed by atoms with E-state index in [0.29, 0.717) is 5.54 Å². The molecular weight excluding hydrogens is 238 g/mol. The summed E-state index contributed by atoms with van der Waals surface area (Å²) < 4.78 is 0. The van der Waals surface area contributed by atoms with Crippen molar-refractivity contribution in [1.82, 2.24) is 4.90 Å². The molecule has 0 unspecified atom stereocenters. The third kappa shape index (κ3) is 2.25. The van der Waals surface area contributed by atoms with Gasteiger partial charge >= 0.3 is 0 Å². The highest BCUT2D eigenvalue weighted by Gasteiger charge is 2.41. The van der Waals surface area contributed by atoms with Crippen LogP contribution in [0.15, 0.2) is 17.5 Å². The monoisotopic (exact) mass is 263 g/mol. The summed E-state index contributed by atoms with van der Waals surface area (Å²) in [6, 6.07) is 4.62. The van der Waals surface area contributed by atoms with Gasteiger partial charge in [0.05, 0.1) is 5.54 Å². The average molecular weight is 263 g/mol. The van der Waals surface area contributed by atoms with Gasteiger partial charge < -0.3 is 0 Å². The zero-order valence-electron chi connectivity index (χ0n) is 11.5. The molecule has 0 spiro atoms. The second-order valence-corrected chi connectivity index (χ2v) is 7.21. The topological polar surface area (TPSA) is 3.24 Å². The summed E-state index contributed by atoms with van der Waals surface area (Å²) >= 11 is 1.98. The van der Waals surface area contributed by atoms with Gasteiger partial charge in [-0.3, -0.25) is 4.90 Å². The standard InChI is InChI=1S/C16H25NS/c1-14-7-5-11-17(13-14)16(9-3-2-4-10-16)15-8-6-12-18-15/h6,8,12,14H,2-5,7,9-11,13H2,1H3/t14-/m1/s1. The van der Waals surface area contributed by atoms with Crippen LogP contribution in [0.25, 0.3) is 0 Å². The fourth-order valence-corrected chi connectivity index (χ4v) is 4.99. The lowest BCUT2D eigenvalue weighted by Gasteiger charge is -2.49. The smallest absolute Gasteiger partial charge is 0.0553 e. The SMILES string of the molecule is C[C@@H]1CCCN(C2(c3cccs3)CCCCC2)C1. The molecule has 2 heteroatoms. The van der Waals surface area contributed by atoms with Crippen molar-refractivity contribution in [1.29, 1.82) is 0 Å². The van der Waals surface area contributed by atoms with E-state index in [2.05, 4.69) is 29.3 Å². The van der Waals surface area contributed by atoms with Crippen molar-refractivity contribution >= 4 is 11.3 Å². The highest BCUT2D eigenvalue weighted by molar-refractivity contribution is 7.10. The van der Waals surface area contributed by atoms with Crippen molar-refractivity contribution in [3.63, 3.8) is 0 Å². The molecule has 1 aromatic rings. The van der Waals surface area contributed by atoms with Crippen LogP contribution in [-0.4, -0.2) is 18.0 Å². The van der Waals surface area contributed by atoms with E-state index in [9.17, 15) is 0 Å². The van der Waals surface area contributed by atoms with Gasteiger partial charge in [-0.2, -0.15) is 0 Å². The van der Waals surface area contributed by atoms with Gasteiger partial charge in [-0.1, -0.05) is 32.3 Å². The third-order valence-electron chi connectivity index (χ3n) is 4.92. The van der Waals surface area contributed by atoms with Gasteiger partial charge in [0.1, 0.15) is 0 Å². The van der Waals surface area contributed by atoms with Crippen molar-refractivity contribution in [3.8, 4) is 0 Å². The Balaban J connectivity index is 1.89. The first-order valence-electron chi connectivity index (χ1n) is 7.60. The second-order valence-electron chi connectivity index (χ2n) is 6.26. The van der Waals surface area contributed by atoms with Gasteiger partial charge in [-0.05, 0) is 49.6 Å². The van der Waals surface area contributed by atoms with E-state index in [0.717, 1.165) is 5.92 Å². The number of rotatable bonds is 2. The molecule has 2 fully saturated rings. The number of nitrogens with zero attached hydrogens (tertiary/aromatic N) is 1. The summed E-state index contributed by atoms with van der Waals surface area (Å²) in [4.78, 5) is 4.47. The van der Waals surface area contributed by atoms with Crippen LogP contribution in [0.4, 0.5) is 0 Å². The van der Waals surface area contributed by atoms with E-state index in [1.165, 1.54) is 58.0 Å². The quantitative estimate of drug-likeness (QED) is 0.751. The fourth-order valence-electron chi connectivity index (χ4n) is 3.98. The Bertz CT molecular complexity index is 364. The van der Waals surface area contributed by atoms with Crippen LogP contribution >= 0.6 is 11.3 Å². The van der Waals surface area contributed by atoms with Gasteiger partial charge in [0.25, 0.3) is 0 Å². The van der Waals surface area contributed by atoms with Crippen molar-refractivity contribution in [2.24, 2.45) is 5.92 Å². The highest BCUT2D eigenvalue weighted by atomic mass is 32.1. The molecule has 1 saturated heterocycles. The first-order valence-corrected chi connectivity index (χ1v) is 8.48. The van der Waals surface area contributed by atoms with E-state index < -0.39 is 0 Å². The number of hydrogen-bond donors (Lipinski definition) is 0. The Kier molecular flexibility index (Phi) is 3.76. The molecule has 1 nitrogen and oxygen atoms in total. The van der Waals surface area contributed by atoms with Crippen LogP contribution < -0.4 is 0 Å². The Morgan fingerprint density at radius 1 is 1.22 bits per heavy atom. The van der Waals surface area contributed by atoms with Crippen molar-refractivity contribution < 1.29 is 0 Å². The minimum Gasteiger partial charge on any atom is -0.293 e. The fraction of sp³-hybridized carbons (Fsp3) is 0.750. The Hall–Kier alpha value is -0.340. The van der Waals surface area contributed by atoms with E-state index >= 15 is 0 Å². The first kappa shape index (κ1) is 12.7. The molecule has 2 heterocycles. The predicted octanol–water partition coefficient (Wildman–Crippen LogP) is 4.64. The van der Waals surface area contributed by atoms with Gasteiger partial charge in [0, 0.05) is 11.4 Å². The Morgan fingerprint density at radius 2 is 2.06 bits per heavy atom. The lowest BCUT2D eigenvalue weighted by Crippen LogP contribution is -2.51. The molecule has 1 aromatic heterocycles. The van der Waals surface area contributed by atoms with Gasteiger partial charge in [0.15, 0.2) is 0 Å². The number of piperidine rings is 1. The Morgan fingerprint density at radius 3 is 2.72 bits per heavy atom. The largest absolute Gasteiger partial charge is 0.293 e. The van der Waals surface area contributed by atoms with Crippen molar-refractivity contribution in [2.45, 2.75) is 57.4 Å². The van der Waals surface area contributed by atoms with Crippen LogP contribution in [0.2, 0.25) is 0 Å². The molecule has 1 atom stereocenters. The van der Waals surface area contributed by atoms with E-state index in [-0.39, 0.29) is 0 Å². The summed E-state index contributed by atoms with van der Waals surface area (Å²) in [6.07, 6.45) is 9.88. The molecule has 0 amide bonds. The van der Waals surface area contributed by atoms with Crippen LogP contribution in [0.3, 0.4) is 0 Å². The molecule has 0 radical (unpaired) electrons. The molecule has 0 N–H and O–H groups in total. The molecular formula is C16H25NS. The normalized spacial score (nSPS) is 29.3. The lowest BCUT2D eigenvalue weighted by atomic mass is 9.77. The molecule has 100 valence electrons. The molecule has 1 aliphatic heterocycles. The van der Waals surface area contributed by atoms with Crippen LogP contribution in [0.1, 0.15) is 56.7 Å². The minimum absolute atomic E-state index is 0.404.